The average Bonchev–Trinajstić information content (AvgIpc) is 2.90. The van der Waals surface area contributed by atoms with E-state index in [0.717, 1.165) is 16.4 Å². The minimum absolute atomic E-state index is 0.0341. The van der Waals surface area contributed by atoms with Crippen LogP contribution in [0.2, 0.25) is 10.0 Å². The van der Waals surface area contributed by atoms with Crippen molar-refractivity contribution in [2.75, 3.05) is 6.61 Å². The third kappa shape index (κ3) is 4.48. The number of rotatable bonds is 6. The number of carbonyl (C=O) groups excluding carboxylic acids is 1. The second-order valence-electron chi connectivity index (χ2n) is 5.94. The van der Waals surface area contributed by atoms with Crippen LogP contribution in [-0.4, -0.2) is 22.2 Å². The predicted molar refractivity (Wildman–Crippen MR) is 113 cm³/mol. The first kappa shape index (κ1) is 20.6. The van der Waals surface area contributed by atoms with Crippen LogP contribution in [0, 0.1) is 0 Å². The Morgan fingerprint density at radius 2 is 2.04 bits per heavy atom. The van der Waals surface area contributed by atoms with Crippen LogP contribution in [0.1, 0.15) is 13.3 Å². The molecule has 0 aliphatic carbocycles. The molecule has 2 aromatic carbocycles. The molecule has 0 saturated heterocycles. The average molecular weight is 485 g/mol. The fourth-order valence-corrected chi connectivity index (χ4v) is 3.53. The van der Waals surface area contributed by atoms with E-state index in [2.05, 4.69) is 26.2 Å². The maximum absolute atomic E-state index is 12.1. The van der Waals surface area contributed by atoms with Gasteiger partial charge in [-0.25, -0.2) is 0 Å². The third-order valence-electron chi connectivity index (χ3n) is 3.93. The van der Waals surface area contributed by atoms with Gasteiger partial charge in [-0.1, -0.05) is 46.1 Å². The topological polar surface area (TPSA) is 76.2 Å². The molecule has 0 spiro atoms. The van der Waals surface area contributed by atoms with E-state index >= 15 is 0 Å². The molecule has 0 atom stereocenters. The number of aromatic hydroxyl groups is 1. The zero-order valence-corrected chi connectivity index (χ0v) is 17.9. The van der Waals surface area contributed by atoms with Crippen LogP contribution < -0.4 is 4.74 Å². The molecule has 3 rings (SSSR count). The summed E-state index contributed by atoms with van der Waals surface area (Å²) < 4.78 is 7.92. The number of halogens is 3. The Labute approximate surface area is 179 Å². The molecule has 1 amide bonds. The molecule has 1 aromatic heterocycles. The van der Waals surface area contributed by atoms with E-state index < -0.39 is 5.91 Å². The van der Waals surface area contributed by atoms with E-state index in [0.29, 0.717) is 27.7 Å². The van der Waals surface area contributed by atoms with Gasteiger partial charge in [0.15, 0.2) is 12.3 Å². The van der Waals surface area contributed by atoms with Gasteiger partial charge in [0.1, 0.15) is 5.75 Å². The van der Waals surface area contributed by atoms with Crippen LogP contribution in [0.15, 0.2) is 51.1 Å². The van der Waals surface area contributed by atoms with Gasteiger partial charge in [0.2, 0.25) is 5.88 Å². The van der Waals surface area contributed by atoms with Crippen molar-refractivity contribution in [1.82, 2.24) is 4.57 Å². The van der Waals surface area contributed by atoms with E-state index in [1.165, 1.54) is 6.07 Å². The second kappa shape index (κ2) is 8.94. The SMILES string of the molecule is CCCn1c(O)c(N=NC(=O)COc2ccc(Cl)cc2Cl)c2cc(Br)ccc21. The maximum Gasteiger partial charge on any atom is 0.302 e. The first-order chi connectivity index (χ1) is 13.4. The van der Waals surface area contributed by atoms with Crippen LogP contribution in [0.5, 0.6) is 11.6 Å². The molecule has 1 heterocycles. The minimum atomic E-state index is -0.614. The molecule has 0 aliphatic heterocycles. The standard InChI is InChI=1S/C19H16BrCl2N3O3/c1-2-7-25-15-5-3-11(20)8-13(15)18(19(25)27)24-23-17(26)10-28-16-6-4-12(21)9-14(16)22/h3-6,8-9,27H,2,7,10H2,1H3. The van der Waals surface area contributed by atoms with Crippen molar-refractivity contribution >= 4 is 61.6 Å². The number of nitrogens with zero attached hydrogens (tertiary/aromatic N) is 3. The van der Waals surface area contributed by atoms with Gasteiger partial charge in [-0.15, -0.1) is 10.2 Å². The fraction of sp³-hybridized carbons (Fsp3) is 0.211. The molecule has 0 unspecified atom stereocenters. The number of aryl methyl sites for hydroxylation is 1. The summed E-state index contributed by atoms with van der Waals surface area (Å²) in [6.45, 7) is 2.28. The summed E-state index contributed by atoms with van der Waals surface area (Å²) in [6, 6.07) is 10.3. The molecular formula is C19H16BrCl2N3O3. The van der Waals surface area contributed by atoms with Gasteiger partial charge in [0.25, 0.3) is 0 Å². The summed E-state index contributed by atoms with van der Waals surface area (Å²) in [6.07, 6.45) is 0.832. The highest BCUT2D eigenvalue weighted by Crippen LogP contribution is 2.40. The Morgan fingerprint density at radius 1 is 1.25 bits per heavy atom. The van der Waals surface area contributed by atoms with E-state index in [9.17, 15) is 9.90 Å². The molecular weight excluding hydrogens is 469 g/mol. The molecule has 0 aliphatic rings. The van der Waals surface area contributed by atoms with Gasteiger partial charge in [-0.05, 0) is 42.8 Å². The van der Waals surface area contributed by atoms with E-state index in [1.54, 1.807) is 16.7 Å². The van der Waals surface area contributed by atoms with Gasteiger partial charge in [-0.2, -0.15) is 0 Å². The summed E-state index contributed by atoms with van der Waals surface area (Å²) in [5, 5.41) is 19.6. The van der Waals surface area contributed by atoms with Crippen molar-refractivity contribution < 1.29 is 14.6 Å². The summed E-state index contributed by atoms with van der Waals surface area (Å²) in [7, 11) is 0. The number of hydrogen-bond acceptors (Lipinski definition) is 4. The van der Waals surface area contributed by atoms with Crippen LogP contribution in [0.25, 0.3) is 10.9 Å². The van der Waals surface area contributed by atoms with Crippen molar-refractivity contribution in [2.45, 2.75) is 19.9 Å². The molecule has 9 heteroatoms. The number of azo groups is 1. The van der Waals surface area contributed by atoms with Gasteiger partial charge in [0.05, 0.1) is 10.5 Å². The van der Waals surface area contributed by atoms with Gasteiger partial charge in [0, 0.05) is 21.4 Å². The van der Waals surface area contributed by atoms with E-state index in [1.807, 2.05) is 25.1 Å². The number of hydrogen-bond donors (Lipinski definition) is 1. The summed E-state index contributed by atoms with van der Waals surface area (Å²) in [5.74, 6) is -0.328. The Morgan fingerprint density at radius 3 is 2.75 bits per heavy atom. The second-order valence-corrected chi connectivity index (χ2v) is 7.70. The number of ether oxygens (including phenoxy) is 1. The Bertz CT molecular complexity index is 1070. The molecule has 0 bridgehead atoms. The molecule has 6 nitrogen and oxygen atoms in total. The summed E-state index contributed by atoms with van der Waals surface area (Å²) >= 11 is 15.2. The van der Waals surface area contributed by atoms with Gasteiger partial charge >= 0.3 is 5.91 Å². The molecule has 0 fully saturated rings. The quantitative estimate of drug-likeness (QED) is 0.405. The molecule has 3 aromatic rings. The Hall–Kier alpha value is -2.09. The van der Waals surface area contributed by atoms with Crippen molar-refractivity contribution in [3.05, 3.63) is 50.9 Å². The van der Waals surface area contributed by atoms with E-state index in [4.69, 9.17) is 27.9 Å². The monoisotopic (exact) mass is 483 g/mol. The lowest BCUT2D eigenvalue weighted by atomic mass is 10.2. The normalized spacial score (nSPS) is 11.4. The number of benzene rings is 2. The smallest absolute Gasteiger partial charge is 0.302 e. The molecule has 0 radical (unpaired) electrons. The predicted octanol–water partition coefficient (Wildman–Crippen LogP) is 6.52. The van der Waals surface area contributed by atoms with Crippen molar-refractivity contribution in [1.29, 1.82) is 0 Å². The minimum Gasteiger partial charge on any atom is -0.493 e. The van der Waals surface area contributed by atoms with Gasteiger partial charge < -0.3 is 14.4 Å². The Kier molecular flexibility index (Phi) is 6.59. The molecule has 0 saturated carbocycles. The highest BCUT2D eigenvalue weighted by Gasteiger charge is 2.17. The molecule has 1 N–H and O–H groups in total. The third-order valence-corrected chi connectivity index (χ3v) is 4.95. The van der Waals surface area contributed by atoms with Crippen molar-refractivity contribution in [2.24, 2.45) is 10.2 Å². The lowest BCUT2D eigenvalue weighted by molar-refractivity contribution is -0.120. The number of aromatic nitrogens is 1. The van der Waals surface area contributed by atoms with Crippen LogP contribution >= 0.6 is 39.1 Å². The van der Waals surface area contributed by atoms with Crippen LogP contribution in [0.3, 0.4) is 0 Å². The largest absolute Gasteiger partial charge is 0.493 e. The molecule has 28 heavy (non-hydrogen) atoms. The zero-order valence-electron chi connectivity index (χ0n) is 14.8. The Balaban J connectivity index is 1.81. The summed E-state index contributed by atoms with van der Waals surface area (Å²) in [5.41, 5.74) is 1.05. The number of amides is 1. The maximum atomic E-state index is 12.1. The van der Waals surface area contributed by atoms with Crippen molar-refractivity contribution in [3.63, 3.8) is 0 Å². The summed E-state index contributed by atoms with van der Waals surface area (Å²) in [4.78, 5) is 12.1. The highest BCUT2D eigenvalue weighted by atomic mass is 79.9. The van der Waals surface area contributed by atoms with Crippen LogP contribution in [-0.2, 0) is 11.3 Å². The lowest BCUT2D eigenvalue weighted by Gasteiger charge is -2.05. The molecule has 146 valence electrons. The zero-order chi connectivity index (χ0) is 20.3. The van der Waals surface area contributed by atoms with Crippen molar-refractivity contribution in [3.8, 4) is 11.6 Å². The highest BCUT2D eigenvalue weighted by molar-refractivity contribution is 9.10. The fourth-order valence-electron chi connectivity index (χ4n) is 2.71. The number of fused-ring (bicyclic) bond motifs is 1. The van der Waals surface area contributed by atoms with Crippen LogP contribution in [0.4, 0.5) is 5.69 Å². The first-order valence-electron chi connectivity index (χ1n) is 8.43. The first-order valence-corrected chi connectivity index (χ1v) is 9.98. The lowest BCUT2D eigenvalue weighted by Crippen LogP contribution is -2.08. The van der Waals surface area contributed by atoms with Gasteiger partial charge in [-0.3, -0.25) is 4.79 Å². The number of carbonyl (C=O) groups is 1. The van der Waals surface area contributed by atoms with E-state index in [-0.39, 0.29) is 18.2 Å².